The molecule has 46 heavy (non-hydrogen) atoms. The number of aryl methyl sites for hydroxylation is 1. The molecule has 3 heterocycles. The summed E-state index contributed by atoms with van der Waals surface area (Å²) in [4.78, 5) is 56.5. The van der Waals surface area contributed by atoms with E-state index in [0.717, 1.165) is 10.1 Å². The number of benzene rings is 1. The molecule has 0 aliphatic carbocycles. The number of fused-ring (bicyclic) bond motifs is 1. The van der Waals surface area contributed by atoms with Crippen LogP contribution in [0, 0.1) is 6.92 Å². The van der Waals surface area contributed by atoms with Crippen molar-refractivity contribution in [3.8, 4) is 5.75 Å². The zero-order valence-electron chi connectivity index (χ0n) is 28.6. The summed E-state index contributed by atoms with van der Waals surface area (Å²) < 4.78 is 26.2. The van der Waals surface area contributed by atoms with E-state index in [1.807, 2.05) is 57.3 Å². The molecule has 12 heteroatoms. The van der Waals surface area contributed by atoms with Gasteiger partial charge >= 0.3 is 17.8 Å². The molecule has 1 aliphatic rings. The maximum Gasteiger partial charge on any atom is 0.410 e. The van der Waals surface area contributed by atoms with Crippen molar-refractivity contribution in [2.24, 2.45) is 0 Å². The Morgan fingerprint density at radius 2 is 1.57 bits per heavy atom. The molecule has 1 aromatic carbocycles. The predicted molar refractivity (Wildman–Crippen MR) is 178 cm³/mol. The molecule has 1 saturated heterocycles. The van der Waals surface area contributed by atoms with Gasteiger partial charge in [0, 0.05) is 18.7 Å². The lowest BCUT2D eigenvalue weighted by molar-refractivity contribution is -0.164. The van der Waals surface area contributed by atoms with Gasteiger partial charge < -0.3 is 23.8 Å². The number of aromatic nitrogens is 2. The highest BCUT2D eigenvalue weighted by molar-refractivity contribution is 7.17. The smallest absolute Gasteiger partial charge is 0.410 e. The zero-order valence-corrected chi connectivity index (χ0v) is 29.4. The van der Waals surface area contributed by atoms with E-state index in [-0.39, 0.29) is 18.7 Å². The quantitative estimate of drug-likeness (QED) is 0.280. The largest absolute Gasteiger partial charge is 0.496 e. The Morgan fingerprint density at radius 1 is 0.957 bits per heavy atom. The van der Waals surface area contributed by atoms with Crippen LogP contribution in [0.2, 0.25) is 0 Å². The highest BCUT2D eigenvalue weighted by Crippen LogP contribution is 2.33. The van der Waals surface area contributed by atoms with E-state index in [1.165, 1.54) is 29.8 Å². The van der Waals surface area contributed by atoms with Crippen LogP contribution in [-0.2, 0) is 31.1 Å². The van der Waals surface area contributed by atoms with Crippen LogP contribution in [-0.4, -0.2) is 63.6 Å². The van der Waals surface area contributed by atoms with Crippen molar-refractivity contribution in [2.75, 3.05) is 20.2 Å². The van der Waals surface area contributed by atoms with Crippen LogP contribution in [0.15, 0.2) is 39.2 Å². The number of rotatable bonds is 8. The van der Waals surface area contributed by atoms with Crippen LogP contribution < -0.4 is 16.0 Å². The van der Waals surface area contributed by atoms with Crippen molar-refractivity contribution >= 4 is 33.6 Å². The van der Waals surface area contributed by atoms with Gasteiger partial charge in [0.25, 0.3) is 5.56 Å². The highest BCUT2D eigenvalue weighted by atomic mass is 32.1. The second-order valence-corrected chi connectivity index (χ2v) is 15.1. The molecule has 1 fully saturated rings. The Kier molecular flexibility index (Phi) is 10.1. The SMILES string of the molecule is COc1ccccc1C(Cn1c(=O)n(C(C)(C)C(=O)OC(C)(C)C)c(=O)c2c(C)csc21)OC1CCN(C(=O)OC(C)(C)C)CC1. The molecule has 1 aliphatic heterocycles. The van der Waals surface area contributed by atoms with Gasteiger partial charge in [0.05, 0.1) is 25.1 Å². The van der Waals surface area contributed by atoms with Gasteiger partial charge in [0.15, 0.2) is 0 Å². The number of hydrogen-bond acceptors (Lipinski definition) is 9. The summed E-state index contributed by atoms with van der Waals surface area (Å²) in [6.07, 6.45) is -0.108. The minimum absolute atomic E-state index is 0.0482. The van der Waals surface area contributed by atoms with Gasteiger partial charge in [-0.15, -0.1) is 11.3 Å². The second-order valence-electron chi connectivity index (χ2n) is 14.2. The van der Waals surface area contributed by atoms with E-state index in [1.54, 1.807) is 32.8 Å². The fourth-order valence-corrected chi connectivity index (χ4v) is 6.54. The number of thiophene rings is 1. The molecule has 0 spiro atoms. The number of para-hydroxylation sites is 1. The molecular weight excluding hydrogens is 610 g/mol. The Bertz CT molecular complexity index is 1700. The average molecular weight is 658 g/mol. The van der Waals surface area contributed by atoms with Gasteiger partial charge in [-0.3, -0.25) is 9.36 Å². The molecule has 0 saturated carbocycles. The van der Waals surface area contributed by atoms with E-state index < -0.39 is 40.1 Å². The molecule has 1 atom stereocenters. The van der Waals surface area contributed by atoms with Gasteiger partial charge in [-0.05, 0) is 92.2 Å². The number of carbonyl (C=O) groups is 2. The predicted octanol–water partition coefficient (Wildman–Crippen LogP) is 5.78. The second kappa shape index (κ2) is 13.2. The molecule has 2 aromatic heterocycles. The van der Waals surface area contributed by atoms with Crippen LogP contribution in [0.3, 0.4) is 0 Å². The molecule has 0 N–H and O–H groups in total. The molecule has 4 rings (SSSR count). The van der Waals surface area contributed by atoms with Gasteiger partial charge in [-0.2, -0.15) is 0 Å². The molecule has 1 amide bonds. The first kappa shape index (κ1) is 35.2. The first-order valence-electron chi connectivity index (χ1n) is 15.6. The molecule has 11 nitrogen and oxygen atoms in total. The number of hydrogen-bond donors (Lipinski definition) is 0. The number of ether oxygens (including phenoxy) is 4. The highest BCUT2D eigenvalue weighted by Gasteiger charge is 2.39. The Hall–Kier alpha value is -3.64. The average Bonchev–Trinajstić information content (AvgIpc) is 3.34. The summed E-state index contributed by atoms with van der Waals surface area (Å²) in [6.45, 7) is 16.5. The van der Waals surface area contributed by atoms with Crippen LogP contribution in [0.4, 0.5) is 4.79 Å². The third-order valence-electron chi connectivity index (χ3n) is 7.78. The topological polar surface area (TPSA) is 118 Å². The molecule has 1 unspecified atom stereocenters. The van der Waals surface area contributed by atoms with E-state index in [0.29, 0.717) is 47.5 Å². The summed E-state index contributed by atoms with van der Waals surface area (Å²) in [5, 5.41) is 2.20. The maximum absolute atomic E-state index is 14.4. The molecule has 0 bridgehead atoms. The van der Waals surface area contributed by atoms with Crippen LogP contribution in [0.25, 0.3) is 10.2 Å². The zero-order chi connectivity index (χ0) is 34.2. The Morgan fingerprint density at radius 3 is 2.15 bits per heavy atom. The number of carbonyl (C=O) groups excluding carboxylic acids is 2. The first-order valence-corrected chi connectivity index (χ1v) is 16.5. The lowest BCUT2D eigenvalue weighted by Crippen LogP contribution is -2.54. The van der Waals surface area contributed by atoms with E-state index in [4.69, 9.17) is 18.9 Å². The fraction of sp³-hybridized carbons (Fsp3) is 0.588. The van der Waals surface area contributed by atoms with Crippen LogP contribution >= 0.6 is 11.3 Å². The maximum atomic E-state index is 14.4. The summed E-state index contributed by atoms with van der Waals surface area (Å²) in [5.41, 5.74) is -2.75. The third kappa shape index (κ3) is 7.66. The van der Waals surface area contributed by atoms with Crippen LogP contribution in [0.5, 0.6) is 5.75 Å². The fourth-order valence-electron chi connectivity index (χ4n) is 5.49. The first-order chi connectivity index (χ1) is 21.3. The monoisotopic (exact) mass is 657 g/mol. The van der Waals surface area contributed by atoms with Gasteiger partial charge in [-0.1, -0.05) is 18.2 Å². The number of esters is 1. The summed E-state index contributed by atoms with van der Waals surface area (Å²) in [7, 11) is 1.58. The number of piperidine rings is 1. The lowest BCUT2D eigenvalue weighted by Gasteiger charge is -2.35. The van der Waals surface area contributed by atoms with Gasteiger partial charge in [-0.25, -0.2) is 19.0 Å². The van der Waals surface area contributed by atoms with Crippen molar-refractivity contribution in [1.29, 1.82) is 0 Å². The summed E-state index contributed by atoms with van der Waals surface area (Å²) in [6, 6.07) is 7.45. The summed E-state index contributed by atoms with van der Waals surface area (Å²) >= 11 is 1.30. The normalized spacial score (nSPS) is 15.6. The standard InChI is InChI=1S/C34H47N3O8S/c1-21-20-46-28-26(21)27(38)37(34(8,9)29(39)44-32(2,3)4)30(40)36(28)19-25(23-13-11-12-14-24(23)42-10)43-22-15-17-35(18-16-22)31(41)45-33(5,6)7/h11-14,20,22,25H,15-19H2,1-10H3. The number of nitrogens with zero attached hydrogens (tertiary/aromatic N) is 3. The molecular formula is C34H47N3O8S. The minimum atomic E-state index is -1.60. The number of likely N-dealkylation sites (tertiary alicyclic amines) is 1. The molecule has 0 radical (unpaired) electrons. The van der Waals surface area contributed by atoms with Crippen molar-refractivity contribution < 1.29 is 28.5 Å². The van der Waals surface area contributed by atoms with Crippen molar-refractivity contribution in [2.45, 2.75) is 111 Å². The van der Waals surface area contributed by atoms with Crippen molar-refractivity contribution in [3.05, 3.63) is 61.6 Å². The lowest BCUT2D eigenvalue weighted by atomic mass is 10.0. The van der Waals surface area contributed by atoms with Crippen molar-refractivity contribution in [1.82, 2.24) is 14.0 Å². The molecule has 252 valence electrons. The van der Waals surface area contributed by atoms with Gasteiger partial charge in [0.2, 0.25) is 0 Å². The van der Waals surface area contributed by atoms with E-state index in [2.05, 4.69) is 0 Å². The minimum Gasteiger partial charge on any atom is -0.496 e. The third-order valence-corrected chi connectivity index (χ3v) is 8.90. The van der Waals surface area contributed by atoms with Crippen molar-refractivity contribution in [3.63, 3.8) is 0 Å². The van der Waals surface area contributed by atoms with E-state index in [9.17, 15) is 19.2 Å². The number of methoxy groups -OCH3 is 1. The number of amides is 1. The van der Waals surface area contributed by atoms with Crippen LogP contribution in [0.1, 0.15) is 85.5 Å². The van der Waals surface area contributed by atoms with E-state index >= 15 is 0 Å². The Labute approximate surface area is 274 Å². The summed E-state index contributed by atoms with van der Waals surface area (Å²) in [5.74, 6) is -0.0972. The van der Waals surface area contributed by atoms with Gasteiger partial charge in [0.1, 0.15) is 33.4 Å². The Balaban J connectivity index is 1.76. The molecule has 3 aromatic rings.